The van der Waals surface area contributed by atoms with Gasteiger partial charge in [0.25, 0.3) is 0 Å². The predicted octanol–water partition coefficient (Wildman–Crippen LogP) is 3.39. The van der Waals surface area contributed by atoms with Crippen molar-refractivity contribution >= 4 is 0 Å². The van der Waals surface area contributed by atoms with E-state index in [1.165, 1.54) is 12.1 Å². The van der Waals surface area contributed by atoms with Crippen molar-refractivity contribution in [2.75, 3.05) is 7.05 Å². The molecule has 2 atom stereocenters. The molecule has 1 rings (SSSR count). The van der Waals surface area contributed by atoms with Crippen molar-refractivity contribution in [3.63, 3.8) is 0 Å². The average Bonchev–Trinajstić information content (AvgIpc) is 2.27. The summed E-state index contributed by atoms with van der Waals surface area (Å²) in [7, 11) is 1.88. The second kappa shape index (κ2) is 6.10. The molecular weight excluding hydrogens is 220 g/mol. The molecule has 1 aromatic carbocycles. The fraction of sp³-hybridized carbons (Fsp3) is 0.571. The lowest BCUT2D eigenvalue weighted by atomic mass is 9.86. The van der Waals surface area contributed by atoms with Crippen LogP contribution >= 0.6 is 0 Å². The summed E-state index contributed by atoms with van der Waals surface area (Å²) < 4.78 is 26.3. The zero-order valence-corrected chi connectivity index (χ0v) is 10.9. The van der Waals surface area contributed by atoms with Crippen LogP contribution in [0.15, 0.2) is 18.2 Å². The molecule has 1 N–H and O–H groups in total. The highest BCUT2D eigenvalue weighted by atomic mass is 19.1. The van der Waals surface area contributed by atoms with Crippen molar-refractivity contribution in [2.45, 2.75) is 33.2 Å². The third kappa shape index (κ3) is 3.77. The molecule has 0 fully saturated rings. The standard InChI is InChI=1S/C14H21F2N/c1-9(2)10(3)14(17-4)7-11-5-6-12(15)8-13(11)16/h5-6,8-10,14,17H,7H2,1-4H3. The van der Waals surface area contributed by atoms with Crippen LogP contribution in [0.3, 0.4) is 0 Å². The minimum absolute atomic E-state index is 0.204. The van der Waals surface area contributed by atoms with Crippen LogP contribution in [0.1, 0.15) is 26.3 Å². The van der Waals surface area contributed by atoms with Gasteiger partial charge in [0.15, 0.2) is 0 Å². The third-order valence-corrected chi connectivity index (χ3v) is 3.51. The molecule has 0 aliphatic carbocycles. The van der Waals surface area contributed by atoms with Gasteiger partial charge in [-0.2, -0.15) is 0 Å². The summed E-state index contributed by atoms with van der Waals surface area (Å²) in [6.45, 7) is 6.44. The number of halogens is 2. The fourth-order valence-corrected chi connectivity index (χ4v) is 1.94. The average molecular weight is 241 g/mol. The zero-order valence-electron chi connectivity index (χ0n) is 10.9. The maximum Gasteiger partial charge on any atom is 0.129 e. The maximum atomic E-state index is 13.5. The Morgan fingerprint density at radius 2 is 1.82 bits per heavy atom. The Kier molecular flexibility index (Phi) is 5.06. The van der Waals surface area contributed by atoms with Crippen LogP contribution in [0.2, 0.25) is 0 Å². The minimum atomic E-state index is -0.524. The molecule has 0 aromatic heterocycles. The normalized spacial score (nSPS) is 15.0. The van der Waals surface area contributed by atoms with Crippen LogP contribution in [-0.4, -0.2) is 13.1 Å². The Balaban J connectivity index is 2.80. The minimum Gasteiger partial charge on any atom is -0.316 e. The van der Waals surface area contributed by atoms with E-state index in [4.69, 9.17) is 0 Å². The highest BCUT2D eigenvalue weighted by molar-refractivity contribution is 5.19. The first-order valence-electron chi connectivity index (χ1n) is 6.07. The van der Waals surface area contributed by atoms with E-state index in [2.05, 4.69) is 26.1 Å². The quantitative estimate of drug-likeness (QED) is 0.833. The summed E-state index contributed by atoms with van der Waals surface area (Å²) in [6, 6.07) is 3.99. The monoisotopic (exact) mass is 241 g/mol. The van der Waals surface area contributed by atoms with E-state index in [0.29, 0.717) is 23.8 Å². The van der Waals surface area contributed by atoms with E-state index in [1.54, 1.807) is 0 Å². The van der Waals surface area contributed by atoms with Gasteiger partial charge in [-0.15, -0.1) is 0 Å². The van der Waals surface area contributed by atoms with Crippen molar-refractivity contribution in [1.29, 1.82) is 0 Å². The Hall–Kier alpha value is -0.960. The molecule has 0 amide bonds. The zero-order chi connectivity index (χ0) is 13.0. The molecule has 1 nitrogen and oxygen atoms in total. The van der Waals surface area contributed by atoms with Gasteiger partial charge in [0.2, 0.25) is 0 Å². The molecular formula is C14H21F2N. The molecule has 0 radical (unpaired) electrons. The highest BCUT2D eigenvalue weighted by Gasteiger charge is 2.20. The van der Waals surface area contributed by atoms with E-state index < -0.39 is 11.6 Å². The molecule has 2 unspecified atom stereocenters. The topological polar surface area (TPSA) is 12.0 Å². The lowest BCUT2D eigenvalue weighted by Crippen LogP contribution is -2.36. The van der Waals surface area contributed by atoms with Crippen LogP contribution in [-0.2, 0) is 6.42 Å². The molecule has 96 valence electrons. The lowest BCUT2D eigenvalue weighted by Gasteiger charge is -2.27. The van der Waals surface area contributed by atoms with Crippen LogP contribution in [0, 0.1) is 23.5 Å². The van der Waals surface area contributed by atoms with Gasteiger partial charge < -0.3 is 5.32 Å². The summed E-state index contributed by atoms with van der Waals surface area (Å²) in [4.78, 5) is 0. The van der Waals surface area contributed by atoms with Crippen LogP contribution in [0.25, 0.3) is 0 Å². The van der Waals surface area contributed by atoms with Crippen LogP contribution < -0.4 is 5.32 Å². The lowest BCUT2D eigenvalue weighted by molar-refractivity contribution is 0.307. The molecule has 17 heavy (non-hydrogen) atoms. The summed E-state index contributed by atoms with van der Waals surface area (Å²) in [5.41, 5.74) is 0.568. The van der Waals surface area contributed by atoms with E-state index in [0.717, 1.165) is 6.07 Å². The maximum absolute atomic E-state index is 13.5. The molecule has 0 saturated carbocycles. The number of likely N-dealkylation sites (N-methyl/N-ethyl adjacent to an activating group) is 1. The predicted molar refractivity (Wildman–Crippen MR) is 66.9 cm³/mol. The smallest absolute Gasteiger partial charge is 0.129 e. The number of nitrogens with one attached hydrogen (secondary N) is 1. The van der Waals surface area contributed by atoms with E-state index >= 15 is 0 Å². The Morgan fingerprint density at radius 1 is 1.18 bits per heavy atom. The molecule has 0 spiro atoms. The highest BCUT2D eigenvalue weighted by Crippen LogP contribution is 2.19. The van der Waals surface area contributed by atoms with Crippen molar-refractivity contribution in [3.05, 3.63) is 35.4 Å². The molecule has 0 heterocycles. The first-order valence-corrected chi connectivity index (χ1v) is 6.07. The van der Waals surface area contributed by atoms with Crippen molar-refractivity contribution in [3.8, 4) is 0 Å². The van der Waals surface area contributed by atoms with E-state index in [-0.39, 0.29) is 6.04 Å². The number of hydrogen-bond donors (Lipinski definition) is 1. The summed E-state index contributed by atoms with van der Waals surface area (Å²) >= 11 is 0. The number of benzene rings is 1. The molecule has 0 aliphatic heterocycles. The molecule has 3 heteroatoms. The van der Waals surface area contributed by atoms with Gasteiger partial charge in [-0.1, -0.05) is 26.8 Å². The second-order valence-electron chi connectivity index (χ2n) is 4.94. The largest absolute Gasteiger partial charge is 0.316 e. The SMILES string of the molecule is CNC(Cc1ccc(F)cc1F)C(C)C(C)C. The van der Waals surface area contributed by atoms with Crippen LogP contribution in [0.5, 0.6) is 0 Å². The first kappa shape index (κ1) is 14.1. The van der Waals surface area contributed by atoms with Gasteiger partial charge in [0.1, 0.15) is 11.6 Å². The third-order valence-electron chi connectivity index (χ3n) is 3.51. The summed E-state index contributed by atoms with van der Waals surface area (Å²) in [5.74, 6) is -0.0224. The fourth-order valence-electron chi connectivity index (χ4n) is 1.94. The molecule has 1 aromatic rings. The van der Waals surface area contributed by atoms with Crippen LogP contribution in [0.4, 0.5) is 8.78 Å². The van der Waals surface area contributed by atoms with Gasteiger partial charge in [0, 0.05) is 12.1 Å². The van der Waals surface area contributed by atoms with Gasteiger partial charge in [0.05, 0.1) is 0 Å². The Morgan fingerprint density at radius 3 is 2.29 bits per heavy atom. The Labute approximate surface area is 102 Å². The summed E-state index contributed by atoms with van der Waals surface area (Å²) in [6.07, 6.45) is 0.585. The van der Waals surface area contributed by atoms with E-state index in [9.17, 15) is 8.78 Å². The number of rotatable bonds is 5. The van der Waals surface area contributed by atoms with Crippen molar-refractivity contribution < 1.29 is 8.78 Å². The Bertz CT molecular complexity index is 363. The van der Waals surface area contributed by atoms with Crippen molar-refractivity contribution in [1.82, 2.24) is 5.32 Å². The second-order valence-corrected chi connectivity index (χ2v) is 4.94. The van der Waals surface area contributed by atoms with Gasteiger partial charge >= 0.3 is 0 Å². The molecule has 0 saturated heterocycles. The van der Waals surface area contributed by atoms with Crippen molar-refractivity contribution in [2.24, 2.45) is 11.8 Å². The van der Waals surface area contributed by atoms with Gasteiger partial charge in [-0.25, -0.2) is 8.78 Å². The summed E-state index contributed by atoms with van der Waals surface area (Å²) in [5, 5.41) is 3.21. The van der Waals surface area contributed by atoms with Gasteiger partial charge in [-0.05, 0) is 36.9 Å². The number of hydrogen-bond acceptors (Lipinski definition) is 1. The van der Waals surface area contributed by atoms with Gasteiger partial charge in [-0.3, -0.25) is 0 Å². The molecule has 0 aliphatic rings. The molecule has 0 bridgehead atoms. The first-order chi connectivity index (χ1) is 7.95. The van der Waals surface area contributed by atoms with E-state index in [1.807, 2.05) is 7.05 Å².